The van der Waals surface area contributed by atoms with Crippen molar-refractivity contribution in [3.63, 3.8) is 0 Å². The van der Waals surface area contributed by atoms with Crippen molar-refractivity contribution in [2.24, 2.45) is 0 Å². The van der Waals surface area contributed by atoms with Gasteiger partial charge in [-0.15, -0.1) is 11.3 Å². The first-order chi connectivity index (χ1) is 13.9. The van der Waals surface area contributed by atoms with E-state index in [-0.39, 0.29) is 5.91 Å². The van der Waals surface area contributed by atoms with Crippen LogP contribution in [0.5, 0.6) is 0 Å². The summed E-state index contributed by atoms with van der Waals surface area (Å²) in [6.07, 6.45) is -4.34. The molecule has 9 heteroatoms. The molecule has 5 nitrogen and oxygen atoms in total. The molecule has 1 saturated heterocycles. The molecule has 2 aromatic heterocycles. The molecule has 29 heavy (non-hydrogen) atoms. The van der Waals surface area contributed by atoms with Gasteiger partial charge in [0.15, 0.2) is 5.69 Å². The maximum Gasteiger partial charge on any atom is 0.416 e. The molecule has 4 rings (SSSR count). The monoisotopic (exact) mass is 420 g/mol. The number of aromatic amines is 1. The molecule has 0 spiro atoms. The predicted molar refractivity (Wildman–Crippen MR) is 105 cm³/mol. The Labute approximate surface area is 169 Å². The Hall–Kier alpha value is -2.65. The average molecular weight is 420 g/mol. The van der Waals surface area contributed by atoms with Crippen molar-refractivity contribution in [2.45, 2.75) is 12.7 Å². The molecule has 0 saturated carbocycles. The minimum atomic E-state index is -4.34. The van der Waals surface area contributed by atoms with Crippen LogP contribution in [0.4, 0.5) is 13.2 Å². The highest BCUT2D eigenvalue weighted by atomic mass is 32.1. The number of alkyl halides is 3. The summed E-state index contributed by atoms with van der Waals surface area (Å²) >= 11 is 1.57. The lowest BCUT2D eigenvalue weighted by Crippen LogP contribution is -2.48. The molecule has 1 aromatic carbocycles. The number of halogens is 3. The van der Waals surface area contributed by atoms with Crippen molar-refractivity contribution in [1.82, 2.24) is 20.0 Å². The molecule has 0 aliphatic carbocycles. The summed E-state index contributed by atoms with van der Waals surface area (Å²) in [6, 6.07) is 11.0. The summed E-state index contributed by atoms with van der Waals surface area (Å²) in [7, 11) is 0. The maximum absolute atomic E-state index is 12.9. The van der Waals surface area contributed by atoms with Gasteiger partial charge < -0.3 is 4.90 Å². The van der Waals surface area contributed by atoms with Gasteiger partial charge in [-0.05, 0) is 29.1 Å². The predicted octanol–water partition coefficient (Wildman–Crippen LogP) is 4.12. The van der Waals surface area contributed by atoms with Gasteiger partial charge >= 0.3 is 6.18 Å². The van der Waals surface area contributed by atoms with Crippen molar-refractivity contribution in [1.29, 1.82) is 0 Å². The number of thiophene rings is 1. The Bertz CT molecular complexity index is 976. The van der Waals surface area contributed by atoms with Crippen LogP contribution in [0.2, 0.25) is 0 Å². The molecule has 0 radical (unpaired) electrons. The Morgan fingerprint density at radius 2 is 1.90 bits per heavy atom. The second kappa shape index (κ2) is 8.00. The summed E-state index contributed by atoms with van der Waals surface area (Å²) in [4.78, 5) is 17.5. The molecule has 0 bridgehead atoms. The molecule has 3 heterocycles. The van der Waals surface area contributed by atoms with Gasteiger partial charge in [-0.1, -0.05) is 24.3 Å². The Morgan fingerprint density at radius 1 is 1.10 bits per heavy atom. The van der Waals surface area contributed by atoms with Gasteiger partial charge in [0, 0.05) is 32.7 Å². The van der Waals surface area contributed by atoms with Crippen molar-refractivity contribution in [3.05, 3.63) is 64.7 Å². The lowest BCUT2D eigenvalue weighted by atomic mass is 10.1. The molecule has 1 N–H and O–H groups in total. The highest BCUT2D eigenvalue weighted by Crippen LogP contribution is 2.30. The van der Waals surface area contributed by atoms with Gasteiger partial charge in [0.2, 0.25) is 0 Å². The minimum Gasteiger partial charge on any atom is -0.335 e. The van der Waals surface area contributed by atoms with Crippen LogP contribution < -0.4 is 0 Å². The van der Waals surface area contributed by atoms with E-state index >= 15 is 0 Å². The molecular weight excluding hydrogens is 401 g/mol. The SMILES string of the molecule is O=C(c1cc(-c2cccs2)[nH]n1)N1CCN(Cc2cccc(C(F)(F)F)c2)CC1. The third-order valence-corrected chi connectivity index (χ3v) is 5.81. The normalized spacial score (nSPS) is 15.6. The number of H-pyrrole nitrogens is 1. The van der Waals surface area contributed by atoms with E-state index in [4.69, 9.17) is 0 Å². The van der Waals surface area contributed by atoms with Crippen LogP contribution in [0.1, 0.15) is 21.6 Å². The smallest absolute Gasteiger partial charge is 0.335 e. The van der Waals surface area contributed by atoms with E-state index in [2.05, 4.69) is 15.1 Å². The summed E-state index contributed by atoms with van der Waals surface area (Å²) < 4.78 is 38.6. The highest BCUT2D eigenvalue weighted by Gasteiger charge is 2.30. The van der Waals surface area contributed by atoms with E-state index in [1.165, 1.54) is 12.1 Å². The summed E-state index contributed by atoms with van der Waals surface area (Å²) in [5, 5.41) is 8.99. The zero-order valence-electron chi connectivity index (χ0n) is 15.4. The number of nitrogens with zero attached hydrogens (tertiary/aromatic N) is 3. The molecule has 0 unspecified atom stereocenters. The zero-order valence-corrected chi connectivity index (χ0v) is 16.3. The Balaban J connectivity index is 1.34. The summed E-state index contributed by atoms with van der Waals surface area (Å²) in [6.45, 7) is 2.66. The largest absolute Gasteiger partial charge is 0.416 e. The van der Waals surface area contributed by atoms with Crippen LogP contribution in [0.3, 0.4) is 0 Å². The van der Waals surface area contributed by atoms with E-state index < -0.39 is 11.7 Å². The number of carbonyl (C=O) groups excluding carboxylic acids is 1. The van der Waals surface area contributed by atoms with Crippen LogP contribution in [-0.2, 0) is 12.7 Å². The van der Waals surface area contributed by atoms with Crippen molar-refractivity contribution >= 4 is 17.2 Å². The number of amides is 1. The third-order valence-electron chi connectivity index (χ3n) is 4.90. The van der Waals surface area contributed by atoms with Crippen molar-refractivity contribution < 1.29 is 18.0 Å². The van der Waals surface area contributed by atoms with Crippen LogP contribution in [0.25, 0.3) is 10.6 Å². The number of benzene rings is 1. The van der Waals surface area contributed by atoms with E-state index in [1.54, 1.807) is 28.4 Å². The highest BCUT2D eigenvalue weighted by molar-refractivity contribution is 7.13. The standard InChI is InChI=1S/C20H19F3N4OS/c21-20(22,23)15-4-1-3-14(11-15)13-26-6-8-27(9-7-26)19(28)17-12-16(24-25-17)18-5-2-10-29-18/h1-5,10-12H,6-9,13H2,(H,24,25). The van der Waals surface area contributed by atoms with Gasteiger partial charge in [-0.25, -0.2) is 0 Å². The molecular formula is C20H19F3N4OS. The molecule has 1 fully saturated rings. The van der Waals surface area contributed by atoms with Crippen LogP contribution in [0.15, 0.2) is 47.8 Å². The second-order valence-electron chi connectivity index (χ2n) is 6.91. The van der Waals surface area contributed by atoms with E-state index in [1.807, 2.05) is 17.5 Å². The Morgan fingerprint density at radius 3 is 2.59 bits per heavy atom. The van der Waals surface area contributed by atoms with Gasteiger partial charge in [0.05, 0.1) is 16.1 Å². The first-order valence-corrected chi connectivity index (χ1v) is 10.1. The summed E-state index contributed by atoms with van der Waals surface area (Å²) in [5.41, 5.74) is 1.17. The maximum atomic E-state index is 12.9. The van der Waals surface area contributed by atoms with E-state index in [0.29, 0.717) is 44.0 Å². The number of nitrogens with one attached hydrogen (secondary N) is 1. The number of rotatable bonds is 4. The first-order valence-electron chi connectivity index (χ1n) is 9.17. The van der Waals surface area contributed by atoms with Crippen LogP contribution in [0, 0.1) is 0 Å². The van der Waals surface area contributed by atoms with Gasteiger partial charge in [-0.2, -0.15) is 18.3 Å². The number of piperazine rings is 1. The first kappa shape index (κ1) is 19.7. The molecule has 152 valence electrons. The Kier molecular flexibility index (Phi) is 5.42. The number of aromatic nitrogens is 2. The lowest BCUT2D eigenvalue weighted by molar-refractivity contribution is -0.137. The molecule has 3 aromatic rings. The quantitative estimate of drug-likeness (QED) is 0.691. The zero-order chi connectivity index (χ0) is 20.4. The molecule has 1 amide bonds. The fourth-order valence-corrected chi connectivity index (χ4v) is 4.06. The van der Waals surface area contributed by atoms with Gasteiger partial charge in [0.1, 0.15) is 0 Å². The van der Waals surface area contributed by atoms with Crippen LogP contribution in [-0.4, -0.2) is 52.1 Å². The fraction of sp³-hybridized carbons (Fsp3) is 0.300. The van der Waals surface area contributed by atoms with Crippen molar-refractivity contribution in [2.75, 3.05) is 26.2 Å². The van der Waals surface area contributed by atoms with Gasteiger partial charge in [-0.3, -0.25) is 14.8 Å². The van der Waals surface area contributed by atoms with Crippen LogP contribution >= 0.6 is 11.3 Å². The van der Waals surface area contributed by atoms with E-state index in [0.717, 1.165) is 16.6 Å². The average Bonchev–Trinajstić information content (AvgIpc) is 3.39. The number of hydrogen-bond acceptors (Lipinski definition) is 4. The van der Waals surface area contributed by atoms with Gasteiger partial charge in [0.25, 0.3) is 5.91 Å². The summed E-state index contributed by atoms with van der Waals surface area (Å²) in [5.74, 6) is -0.136. The lowest BCUT2D eigenvalue weighted by Gasteiger charge is -2.34. The number of hydrogen-bond donors (Lipinski definition) is 1. The van der Waals surface area contributed by atoms with Crippen molar-refractivity contribution in [3.8, 4) is 10.6 Å². The van der Waals surface area contributed by atoms with E-state index in [9.17, 15) is 18.0 Å². The molecule has 1 aliphatic heterocycles. The second-order valence-corrected chi connectivity index (χ2v) is 7.86. The molecule has 1 aliphatic rings. The fourth-order valence-electron chi connectivity index (χ4n) is 3.36. The topological polar surface area (TPSA) is 52.2 Å². The minimum absolute atomic E-state index is 0.136. The number of carbonyl (C=O) groups is 1. The molecule has 0 atom stereocenters. The third kappa shape index (κ3) is 4.51.